The van der Waals surface area contributed by atoms with Gasteiger partial charge < -0.3 is 11.1 Å². The van der Waals surface area contributed by atoms with E-state index in [-0.39, 0.29) is 12.5 Å². The van der Waals surface area contributed by atoms with Crippen LogP contribution in [0.3, 0.4) is 0 Å². The summed E-state index contributed by atoms with van der Waals surface area (Å²) in [4.78, 5) is 21.2. The normalized spacial score (nSPS) is 16.0. The van der Waals surface area contributed by atoms with E-state index >= 15 is 0 Å². The Morgan fingerprint density at radius 1 is 1.38 bits per heavy atom. The number of nitrogens with two attached hydrogens (primary N) is 1. The molecule has 5 nitrogen and oxygen atoms in total. The molecule has 13 heavy (non-hydrogen) atoms. The molecule has 0 saturated carbocycles. The molecule has 0 bridgehead atoms. The van der Waals surface area contributed by atoms with Crippen LogP contribution in [0.25, 0.3) is 0 Å². The number of imide groups is 1. The number of hydrogen-bond donors (Lipinski definition) is 3. The van der Waals surface area contributed by atoms with Crippen LogP contribution in [0.5, 0.6) is 0 Å². The number of rotatable bonds is 3. The average Bonchev–Trinajstić information content (AvgIpc) is 2.51. The fraction of sp³-hybridized carbons (Fsp3) is 0.500. The van der Waals surface area contributed by atoms with Gasteiger partial charge in [-0.25, -0.2) is 4.79 Å². The van der Waals surface area contributed by atoms with E-state index in [1.807, 2.05) is 5.32 Å². The predicted octanol–water partition coefficient (Wildman–Crippen LogP) is -0.511. The molecule has 0 saturated heterocycles. The molecule has 0 heterocycles. The second-order valence-corrected chi connectivity index (χ2v) is 2.93. The highest BCUT2D eigenvalue weighted by Gasteiger charge is 2.11. The lowest BCUT2D eigenvalue weighted by molar-refractivity contribution is -0.119. The van der Waals surface area contributed by atoms with Gasteiger partial charge in [0.1, 0.15) is 0 Å². The van der Waals surface area contributed by atoms with Gasteiger partial charge in [0.15, 0.2) is 0 Å². The van der Waals surface area contributed by atoms with Gasteiger partial charge in [-0.15, -0.1) is 0 Å². The molecule has 0 atom stereocenters. The molecule has 0 spiro atoms. The number of amides is 3. The molecule has 72 valence electrons. The molecule has 1 aliphatic rings. The third-order valence-electron chi connectivity index (χ3n) is 1.82. The van der Waals surface area contributed by atoms with Crippen LogP contribution in [0.1, 0.15) is 12.8 Å². The maximum Gasteiger partial charge on any atom is 0.318 e. The van der Waals surface area contributed by atoms with Crippen molar-refractivity contribution in [2.24, 2.45) is 5.73 Å². The first kappa shape index (κ1) is 9.73. The first-order valence-corrected chi connectivity index (χ1v) is 4.16. The maximum absolute atomic E-state index is 10.9. The lowest BCUT2D eigenvalue weighted by Gasteiger charge is -2.10. The van der Waals surface area contributed by atoms with Crippen molar-refractivity contribution in [2.45, 2.75) is 18.9 Å². The maximum atomic E-state index is 10.9. The summed E-state index contributed by atoms with van der Waals surface area (Å²) in [5.41, 5.74) is 4.77. The Labute approximate surface area is 76.4 Å². The van der Waals surface area contributed by atoms with Crippen LogP contribution >= 0.6 is 0 Å². The molecule has 1 aliphatic carbocycles. The van der Waals surface area contributed by atoms with Crippen LogP contribution in [-0.4, -0.2) is 24.5 Å². The van der Waals surface area contributed by atoms with Gasteiger partial charge in [-0.1, -0.05) is 12.2 Å². The second kappa shape index (κ2) is 4.61. The minimum atomic E-state index is -0.809. The van der Waals surface area contributed by atoms with Gasteiger partial charge >= 0.3 is 6.03 Å². The Balaban J connectivity index is 2.11. The summed E-state index contributed by atoms with van der Waals surface area (Å²) in [7, 11) is 0. The van der Waals surface area contributed by atoms with Gasteiger partial charge in [0.25, 0.3) is 0 Å². The average molecular weight is 183 g/mol. The molecule has 1 rings (SSSR count). The van der Waals surface area contributed by atoms with Gasteiger partial charge in [0.2, 0.25) is 5.91 Å². The van der Waals surface area contributed by atoms with Gasteiger partial charge in [-0.05, 0) is 12.8 Å². The highest BCUT2D eigenvalue weighted by atomic mass is 16.2. The van der Waals surface area contributed by atoms with Crippen molar-refractivity contribution < 1.29 is 9.59 Å². The van der Waals surface area contributed by atoms with E-state index in [0.29, 0.717) is 6.04 Å². The first-order chi connectivity index (χ1) is 6.18. The Bertz CT molecular complexity index is 230. The van der Waals surface area contributed by atoms with Gasteiger partial charge in [0.05, 0.1) is 6.54 Å². The molecule has 4 N–H and O–H groups in total. The zero-order chi connectivity index (χ0) is 9.68. The summed E-state index contributed by atoms with van der Waals surface area (Å²) < 4.78 is 0. The number of nitrogens with one attached hydrogen (secondary N) is 2. The number of carbonyl (C=O) groups is 2. The topological polar surface area (TPSA) is 84.2 Å². The zero-order valence-electron chi connectivity index (χ0n) is 7.25. The quantitative estimate of drug-likeness (QED) is 0.515. The van der Waals surface area contributed by atoms with Crippen molar-refractivity contribution in [1.29, 1.82) is 0 Å². The third-order valence-corrected chi connectivity index (χ3v) is 1.82. The van der Waals surface area contributed by atoms with Crippen molar-refractivity contribution in [3.05, 3.63) is 12.2 Å². The van der Waals surface area contributed by atoms with E-state index in [9.17, 15) is 9.59 Å². The smallest absolute Gasteiger partial charge is 0.318 e. The predicted molar refractivity (Wildman–Crippen MR) is 47.9 cm³/mol. The number of carbonyl (C=O) groups excluding carboxylic acids is 2. The molecule has 3 amide bonds. The molecule has 0 aliphatic heterocycles. The van der Waals surface area contributed by atoms with Crippen molar-refractivity contribution >= 4 is 11.9 Å². The Hall–Kier alpha value is -1.36. The Kier molecular flexibility index (Phi) is 3.45. The first-order valence-electron chi connectivity index (χ1n) is 4.16. The third kappa shape index (κ3) is 3.71. The fourth-order valence-electron chi connectivity index (χ4n) is 1.20. The van der Waals surface area contributed by atoms with Gasteiger partial charge in [0, 0.05) is 6.04 Å². The molecule has 5 heteroatoms. The molecule has 0 aromatic rings. The van der Waals surface area contributed by atoms with Crippen LogP contribution in [0.4, 0.5) is 4.79 Å². The molecular weight excluding hydrogens is 170 g/mol. The van der Waals surface area contributed by atoms with E-state index in [0.717, 1.165) is 12.8 Å². The lowest BCUT2D eigenvalue weighted by Crippen LogP contribution is -2.42. The zero-order valence-corrected chi connectivity index (χ0v) is 7.25. The van der Waals surface area contributed by atoms with E-state index in [4.69, 9.17) is 5.73 Å². The summed E-state index contributed by atoms with van der Waals surface area (Å²) in [5, 5.41) is 4.99. The van der Waals surface area contributed by atoms with Crippen LogP contribution < -0.4 is 16.4 Å². The van der Waals surface area contributed by atoms with Crippen molar-refractivity contribution in [1.82, 2.24) is 10.6 Å². The minimum Gasteiger partial charge on any atom is -0.351 e. The largest absolute Gasteiger partial charge is 0.351 e. The molecule has 0 radical (unpaired) electrons. The van der Waals surface area contributed by atoms with Gasteiger partial charge in [-0.2, -0.15) is 0 Å². The van der Waals surface area contributed by atoms with Crippen molar-refractivity contribution in [3.8, 4) is 0 Å². The Morgan fingerprint density at radius 2 is 2.00 bits per heavy atom. The fourth-order valence-corrected chi connectivity index (χ4v) is 1.20. The molecule has 0 fully saturated rings. The number of primary amides is 1. The molecule has 0 aromatic carbocycles. The van der Waals surface area contributed by atoms with Crippen molar-refractivity contribution in [2.75, 3.05) is 6.54 Å². The van der Waals surface area contributed by atoms with E-state index < -0.39 is 6.03 Å². The monoisotopic (exact) mass is 183 g/mol. The highest BCUT2D eigenvalue weighted by molar-refractivity contribution is 5.94. The summed E-state index contributed by atoms with van der Waals surface area (Å²) in [6, 6.07) is -0.491. The number of urea groups is 1. The van der Waals surface area contributed by atoms with E-state index in [1.165, 1.54) is 0 Å². The second-order valence-electron chi connectivity index (χ2n) is 2.93. The molecule has 0 aromatic heterocycles. The minimum absolute atomic E-state index is 0.134. The summed E-state index contributed by atoms with van der Waals surface area (Å²) in [6.45, 7) is 0.134. The van der Waals surface area contributed by atoms with Gasteiger partial charge in [-0.3, -0.25) is 10.1 Å². The molecule has 0 unspecified atom stereocenters. The highest BCUT2D eigenvalue weighted by Crippen LogP contribution is 2.08. The van der Waals surface area contributed by atoms with Crippen LogP contribution in [0.2, 0.25) is 0 Å². The standard InChI is InChI=1S/C8H13N3O2/c9-8(13)11-7(12)5-10-6-3-1-2-4-6/h1-2,6,10H,3-5H2,(H3,9,11,12,13). The number of hydrogen-bond acceptors (Lipinski definition) is 3. The lowest BCUT2D eigenvalue weighted by atomic mass is 10.2. The van der Waals surface area contributed by atoms with E-state index in [2.05, 4.69) is 17.5 Å². The summed E-state index contributed by atoms with van der Waals surface area (Å²) in [5.74, 6) is -0.389. The molecular formula is C8H13N3O2. The summed E-state index contributed by atoms with van der Waals surface area (Å²) in [6.07, 6.45) is 5.99. The van der Waals surface area contributed by atoms with Crippen molar-refractivity contribution in [3.63, 3.8) is 0 Å². The van der Waals surface area contributed by atoms with Crippen LogP contribution in [0.15, 0.2) is 12.2 Å². The van der Waals surface area contributed by atoms with E-state index in [1.54, 1.807) is 0 Å². The SMILES string of the molecule is NC(=O)NC(=O)CNC1CC=CC1. The summed E-state index contributed by atoms with van der Waals surface area (Å²) >= 11 is 0. The van der Waals surface area contributed by atoms with Crippen LogP contribution in [0, 0.1) is 0 Å². The van der Waals surface area contributed by atoms with Crippen LogP contribution in [-0.2, 0) is 4.79 Å². The Morgan fingerprint density at radius 3 is 2.54 bits per heavy atom.